The van der Waals surface area contributed by atoms with Gasteiger partial charge in [0.15, 0.2) is 0 Å². The fourth-order valence-corrected chi connectivity index (χ4v) is 2.37. The lowest BCUT2D eigenvalue weighted by Gasteiger charge is -2.23. The SMILES string of the molecule is CCc1ncc(CN(CCOC)Cc2ccccc2C)cn1. The van der Waals surface area contributed by atoms with Crippen molar-refractivity contribution in [2.45, 2.75) is 33.4 Å². The van der Waals surface area contributed by atoms with Gasteiger partial charge in [-0.15, -0.1) is 0 Å². The first-order chi connectivity index (χ1) is 10.7. The van der Waals surface area contributed by atoms with Crippen molar-refractivity contribution in [1.82, 2.24) is 14.9 Å². The van der Waals surface area contributed by atoms with Crippen molar-refractivity contribution in [3.63, 3.8) is 0 Å². The highest BCUT2D eigenvalue weighted by Gasteiger charge is 2.09. The number of aromatic nitrogens is 2. The van der Waals surface area contributed by atoms with Crippen LogP contribution < -0.4 is 0 Å². The van der Waals surface area contributed by atoms with E-state index in [4.69, 9.17) is 4.74 Å². The maximum atomic E-state index is 5.24. The molecule has 0 N–H and O–H groups in total. The molecular weight excluding hydrogens is 274 g/mol. The molecule has 0 bridgehead atoms. The zero-order valence-electron chi connectivity index (χ0n) is 13.7. The van der Waals surface area contributed by atoms with Crippen LogP contribution in [0.25, 0.3) is 0 Å². The van der Waals surface area contributed by atoms with Crippen LogP contribution in [0.2, 0.25) is 0 Å². The highest BCUT2D eigenvalue weighted by atomic mass is 16.5. The van der Waals surface area contributed by atoms with Crippen LogP contribution in [-0.2, 0) is 24.2 Å². The second-order valence-electron chi connectivity index (χ2n) is 5.49. The molecule has 0 spiro atoms. The van der Waals surface area contributed by atoms with Gasteiger partial charge in [0.25, 0.3) is 0 Å². The summed E-state index contributed by atoms with van der Waals surface area (Å²) in [6, 6.07) is 8.51. The van der Waals surface area contributed by atoms with E-state index in [0.29, 0.717) is 0 Å². The Hall–Kier alpha value is -1.78. The molecule has 4 heteroatoms. The third kappa shape index (κ3) is 4.90. The molecule has 118 valence electrons. The molecule has 0 atom stereocenters. The van der Waals surface area contributed by atoms with Gasteiger partial charge in [0, 0.05) is 51.1 Å². The Kier molecular flexibility index (Phi) is 6.49. The number of ether oxygens (including phenoxy) is 1. The van der Waals surface area contributed by atoms with Crippen molar-refractivity contribution in [3.8, 4) is 0 Å². The van der Waals surface area contributed by atoms with Crippen LogP contribution in [0.3, 0.4) is 0 Å². The number of rotatable bonds is 8. The molecule has 0 saturated heterocycles. The van der Waals surface area contributed by atoms with Gasteiger partial charge in [0.2, 0.25) is 0 Å². The molecule has 0 aliphatic rings. The van der Waals surface area contributed by atoms with E-state index in [0.717, 1.165) is 44.0 Å². The van der Waals surface area contributed by atoms with Gasteiger partial charge in [0.1, 0.15) is 5.82 Å². The van der Waals surface area contributed by atoms with Gasteiger partial charge in [0.05, 0.1) is 6.61 Å². The molecular formula is C18H25N3O. The lowest BCUT2D eigenvalue weighted by Crippen LogP contribution is -2.27. The van der Waals surface area contributed by atoms with Crippen LogP contribution >= 0.6 is 0 Å². The second kappa shape index (κ2) is 8.61. The Morgan fingerprint density at radius 1 is 1.09 bits per heavy atom. The van der Waals surface area contributed by atoms with Gasteiger partial charge in [-0.3, -0.25) is 4.90 Å². The van der Waals surface area contributed by atoms with Crippen molar-refractivity contribution in [2.24, 2.45) is 0 Å². The Balaban J connectivity index is 2.06. The normalized spacial score (nSPS) is 11.1. The summed E-state index contributed by atoms with van der Waals surface area (Å²) in [5.74, 6) is 0.895. The zero-order valence-corrected chi connectivity index (χ0v) is 13.7. The van der Waals surface area contributed by atoms with E-state index in [1.165, 1.54) is 11.1 Å². The second-order valence-corrected chi connectivity index (χ2v) is 5.49. The maximum absolute atomic E-state index is 5.24. The van der Waals surface area contributed by atoms with Gasteiger partial charge in [-0.2, -0.15) is 0 Å². The van der Waals surface area contributed by atoms with E-state index in [-0.39, 0.29) is 0 Å². The Labute approximate surface area is 133 Å². The first kappa shape index (κ1) is 16.6. The summed E-state index contributed by atoms with van der Waals surface area (Å²) in [4.78, 5) is 11.1. The van der Waals surface area contributed by atoms with Crippen molar-refractivity contribution >= 4 is 0 Å². The fourth-order valence-electron chi connectivity index (χ4n) is 2.37. The summed E-state index contributed by atoms with van der Waals surface area (Å²) in [6.07, 6.45) is 4.74. The molecule has 0 fully saturated rings. The molecule has 4 nitrogen and oxygen atoms in total. The number of methoxy groups -OCH3 is 1. The average Bonchev–Trinajstić information content (AvgIpc) is 2.55. The lowest BCUT2D eigenvalue weighted by molar-refractivity contribution is 0.140. The van der Waals surface area contributed by atoms with Crippen LogP contribution in [0.1, 0.15) is 29.4 Å². The maximum Gasteiger partial charge on any atom is 0.127 e. The summed E-state index contributed by atoms with van der Waals surface area (Å²) in [6.45, 7) is 7.58. The molecule has 22 heavy (non-hydrogen) atoms. The van der Waals surface area contributed by atoms with Gasteiger partial charge < -0.3 is 4.74 Å². The van der Waals surface area contributed by atoms with E-state index in [2.05, 4.69) is 53.0 Å². The smallest absolute Gasteiger partial charge is 0.127 e. The fraction of sp³-hybridized carbons (Fsp3) is 0.444. The predicted octanol–water partition coefficient (Wildman–Crippen LogP) is 3.00. The number of benzene rings is 1. The van der Waals surface area contributed by atoms with Gasteiger partial charge >= 0.3 is 0 Å². The summed E-state index contributed by atoms with van der Waals surface area (Å²) in [5, 5.41) is 0. The van der Waals surface area contributed by atoms with Gasteiger partial charge in [-0.05, 0) is 18.1 Å². The minimum atomic E-state index is 0.722. The summed E-state index contributed by atoms with van der Waals surface area (Å²) in [7, 11) is 1.74. The monoisotopic (exact) mass is 299 g/mol. The minimum Gasteiger partial charge on any atom is -0.383 e. The summed E-state index contributed by atoms with van der Waals surface area (Å²) in [5.41, 5.74) is 3.81. The quantitative estimate of drug-likeness (QED) is 0.751. The number of hydrogen-bond acceptors (Lipinski definition) is 4. The Morgan fingerprint density at radius 2 is 1.82 bits per heavy atom. The van der Waals surface area contributed by atoms with Crippen LogP contribution in [0.15, 0.2) is 36.7 Å². The summed E-state index contributed by atoms with van der Waals surface area (Å²) >= 11 is 0. The molecule has 0 radical (unpaired) electrons. The highest BCUT2D eigenvalue weighted by Crippen LogP contribution is 2.13. The van der Waals surface area contributed by atoms with Crippen LogP contribution in [0.4, 0.5) is 0 Å². The van der Waals surface area contributed by atoms with Crippen molar-refractivity contribution in [2.75, 3.05) is 20.3 Å². The topological polar surface area (TPSA) is 38.2 Å². The van der Waals surface area contributed by atoms with Crippen molar-refractivity contribution in [1.29, 1.82) is 0 Å². The number of nitrogens with zero attached hydrogens (tertiary/aromatic N) is 3. The molecule has 1 heterocycles. The standard InChI is InChI=1S/C18H25N3O/c1-4-18-19-11-16(12-20-18)13-21(9-10-22-3)14-17-8-6-5-7-15(17)2/h5-8,11-12H,4,9-10,13-14H2,1-3H3. The van der Waals surface area contributed by atoms with Crippen LogP contribution in [0, 0.1) is 6.92 Å². The third-order valence-electron chi connectivity index (χ3n) is 3.75. The lowest BCUT2D eigenvalue weighted by atomic mass is 10.1. The van der Waals surface area contributed by atoms with E-state index in [1.807, 2.05) is 12.4 Å². The average molecular weight is 299 g/mol. The number of aryl methyl sites for hydroxylation is 2. The minimum absolute atomic E-state index is 0.722. The highest BCUT2D eigenvalue weighted by molar-refractivity contribution is 5.25. The van der Waals surface area contributed by atoms with Crippen LogP contribution in [-0.4, -0.2) is 35.1 Å². The third-order valence-corrected chi connectivity index (χ3v) is 3.75. The summed E-state index contributed by atoms with van der Waals surface area (Å²) < 4.78 is 5.24. The Morgan fingerprint density at radius 3 is 2.45 bits per heavy atom. The molecule has 1 aromatic carbocycles. The predicted molar refractivity (Wildman–Crippen MR) is 88.6 cm³/mol. The molecule has 0 amide bonds. The van der Waals surface area contributed by atoms with E-state index in [9.17, 15) is 0 Å². The van der Waals surface area contributed by atoms with Crippen molar-refractivity contribution in [3.05, 3.63) is 59.2 Å². The molecule has 0 aliphatic heterocycles. The van der Waals surface area contributed by atoms with Gasteiger partial charge in [-0.1, -0.05) is 31.2 Å². The van der Waals surface area contributed by atoms with Gasteiger partial charge in [-0.25, -0.2) is 9.97 Å². The first-order valence-corrected chi connectivity index (χ1v) is 7.78. The Bertz CT molecular complexity index is 569. The molecule has 0 aliphatic carbocycles. The van der Waals surface area contributed by atoms with Crippen molar-refractivity contribution < 1.29 is 4.74 Å². The number of hydrogen-bond donors (Lipinski definition) is 0. The largest absolute Gasteiger partial charge is 0.383 e. The molecule has 2 aromatic rings. The van der Waals surface area contributed by atoms with E-state index < -0.39 is 0 Å². The first-order valence-electron chi connectivity index (χ1n) is 7.78. The molecule has 0 unspecified atom stereocenters. The van der Waals surface area contributed by atoms with Crippen LogP contribution in [0.5, 0.6) is 0 Å². The van der Waals surface area contributed by atoms with E-state index >= 15 is 0 Å². The molecule has 1 aromatic heterocycles. The molecule has 2 rings (SSSR count). The zero-order chi connectivity index (χ0) is 15.8. The van der Waals surface area contributed by atoms with E-state index in [1.54, 1.807) is 7.11 Å². The molecule has 0 saturated carbocycles.